The number of benzene rings is 2. The first-order chi connectivity index (χ1) is 13.7. The van der Waals surface area contributed by atoms with Crippen LogP contribution in [0.3, 0.4) is 0 Å². The minimum absolute atomic E-state index is 0.183. The van der Waals surface area contributed by atoms with E-state index in [-0.39, 0.29) is 6.04 Å². The molecule has 1 unspecified atom stereocenters. The van der Waals surface area contributed by atoms with Gasteiger partial charge in [0.1, 0.15) is 0 Å². The number of anilines is 2. The highest BCUT2D eigenvalue weighted by molar-refractivity contribution is 6.14. The fourth-order valence-electron chi connectivity index (χ4n) is 3.77. The van der Waals surface area contributed by atoms with Gasteiger partial charge in [-0.25, -0.2) is 0 Å². The predicted molar refractivity (Wildman–Crippen MR) is 111 cm³/mol. The summed E-state index contributed by atoms with van der Waals surface area (Å²) in [6.07, 6.45) is 6.46. The summed E-state index contributed by atoms with van der Waals surface area (Å²) >= 11 is 0. The van der Waals surface area contributed by atoms with Crippen LogP contribution in [0.15, 0.2) is 60.9 Å². The number of fused-ring (bicyclic) bond motifs is 1. The van der Waals surface area contributed by atoms with Crippen molar-refractivity contribution in [2.45, 2.75) is 25.3 Å². The molecule has 4 N–H and O–H groups in total. The Hall–Kier alpha value is -3.65. The number of pyridine rings is 1. The van der Waals surface area contributed by atoms with Gasteiger partial charge in [-0.05, 0) is 72.9 Å². The summed E-state index contributed by atoms with van der Waals surface area (Å²) in [4.78, 5) is 4.01. The maximum absolute atomic E-state index is 9.14. The fourth-order valence-corrected chi connectivity index (χ4v) is 3.77. The van der Waals surface area contributed by atoms with E-state index in [4.69, 9.17) is 16.4 Å². The van der Waals surface area contributed by atoms with Crippen LogP contribution in [0.1, 0.15) is 46.7 Å². The van der Waals surface area contributed by atoms with Crippen LogP contribution in [0.5, 0.6) is 0 Å². The van der Waals surface area contributed by atoms with E-state index in [1.807, 2.05) is 42.5 Å². The van der Waals surface area contributed by atoms with E-state index in [2.05, 4.69) is 22.4 Å². The quantitative estimate of drug-likeness (QED) is 0.469. The zero-order valence-electron chi connectivity index (χ0n) is 15.4. The topological polar surface area (TPSA) is 98.6 Å². The molecule has 1 aromatic heterocycles. The second kappa shape index (κ2) is 7.53. The van der Waals surface area contributed by atoms with Gasteiger partial charge >= 0.3 is 0 Å². The first-order valence-electron chi connectivity index (χ1n) is 9.34. The van der Waals surface area contributed by atoms with Gasteiger partial charge in [-0.3, -0.25) is 10.4 Å². The molecule has 1 aliphatic rings. The minimum Gasteiger partial charge on any atom is -0.398 e. The molecule has 0 saturated carbocycles. The van der Waals surface area contributed by atoms with Gasteiger partial charge in [-0.15, -0.1) is 0 Å². The Labute approximate surface area is 164 Å². The van der Waals surface area contributed by atoms with Crippen LogP contribution in [0.2, 0.25) is 0 Å². The second-order valence-corrected chi connectivity index (χ2v) is 7.03. The van der Waals surface area contributed by atoms with E-state index in [1.165, 1.54) is 11.1 Å². The third-order valence-corrected chi connectivity index (χ3v) is 5.22. The standard InChI is InChI=1S/C23H21N5/c24-14-15-4-6-19-17(12-15)2-1-3-22(19)28-18-5-7-21(25)20(13-18)23(26)16-8-10-27-11-9-16/h4-13,22,26,28H,1-3,25H2. The molecule has 0 aliphatic heterocycles. The zero-order valence-corrected chi connectivity index (χ0v) is 15.4. The molecule has 0 fully saturated rings. The average molecular weight is 367 g/mol. The number of nitriles is 1. The molecule has 138 valence electrons. The Bertz CT molecular complexity index is 1070. The lowest BCUT2D eigenvalue weighted by Crippen LogP contribution is -2.18. The molecule has 1 heterocycles. The van der Waals surface area contributed by atoms with Crippen molar-refractivity contribution < 1.29 is 0 Å². The Morgan fingerprint density at radius 1 is 1.14 bits per heavy atom. The van der Waals surface area contributed by atoms with Crippen molar-refractivity contribution in [3.05, 3.63) is 88.7 Å². The zero-order chi connectivity index (χ0) is 19.5. The number of aromatic nitrogens is 1. The summed E-state index contributed by atoms with van der Waals surface area (Å²) < 4.78 is 0. The molecular formula is C23H21N5. The Morgan fingerprint density at radius 3 is 2.75 bits per heavy atom. The maximum atomic E-state index is 9.14. The van der Waals surface area contributed by atoms with Gasteiger partial charge in [0.2, 0.25) is 0 Å². The number of rotatable bonds is 4. The third kappa shape index (κ3) is 3.45. The lowest BCUT2D eigenvalue weighted by Gasteiger charge is -2.27. The summed E-state index contributed by atoms with van der Waals surface area (Å²) in [5.41, 5.74) is 12.7. The first kappa shape index (κ1) is 17.7. The van der Waals surface area contributed by atoms with Crippen molar-refractivity contribution in [2.75, 3.05) is 11.1 Å². The molecule has 28 heavy (non-hydrogen) atoms. The van der Waals surface area contributed by atoms with Gasteiger partial charge in [0.05, 0.1) is 23.4 Å². The molecule has 0 amide bonds. The Balaban J connectivity index is 1.62. The molecule has 0 bridgehead atoms. The summed E-state index contributed by atoms with van der Waals surface area (Å²) in [6.45, 7) is 0. The van der Waals surface area contributed by atoms with E-state index in [0.717, 1.165) is 30.5 Å². The van der Waals surface area contributed by atoms with Crippen LogP contribution >= 0.6 is 0 Å². The second-order valence-electron chi connectivity index (χ2n) is 7.03. The summed E-state index contributed by atoms with van der Waals surface area (Å²) in [7, 11) is 0. The van der Waals surface area contributed by atoms with Gasteiger partial charge in [0, 0.05) is 34.9 Å². The van der Waals surface area contributed by atoms with Crippen molar-refractivity contribution in [1.29, 1.82) is 10.7 Å². The van der Waals surface area contributed by atoms with Crippen LogP contribution in [0, 0.1) is 16.7 Å². The molecule has 1 aliphatic carbocycles. The summed E-state index contributed by atoms with van der Waals surface area (Å²) in [5.74, 6) is 0. The molecular weight excluding hydrogens is 346 g/mol. The summed E-state index contributed by atoms with van der Waals surface area (Å²) in [6, 6.07) is 17.7. The highest BCUT2D eigenvalue weighted by Gasteiger charge is 2.21. The van der Waals surface area contributed by atoms with Crippen LogP contribution in [-0.2, 0) is 6.42 Å². The Kier molecular flexibility index (Phi) is 4.77. The third-order valence-electron chi connectivity index (χ3n) is 5.22. The molecule has 0 radical (unpaired) electrons. The highest BCUT2D eigenvalue weighted by atomic mass is 14.9. The van der Waals surface area contributed by atoms with Crippen molar-refractivity contribution in [3.63, 3.8) is 0 Å². The van der Waals surface area contributed by atoms with Crippen LogP contribution < -0.4 is 11.1 Å². The minimum atomic E-state index is 0.183. The fraction of sp³-hybridized carbons (Fsp3) is 0.174. The van der Waals surface area contributed by atoms with Crippen molar-refractivity contribution in [1.82, 2.24) is 4.98 Å². The van der Waals surface area contributed by atoms with Crippen molar-refractivity contribution >= 4 is 17.1 Å². The van der Waals surface area contributed by atoms with Gasteiger partial charge in [0.15, 0.2) is 0 Å². The van der Waals surface area contributed by atoms with Crippen LogP contribution in [-0.4, -0.2) is 10.7 Å². The molecule has 1 atom stereocenters. The first-order valence-corrected chi connectivity index (χ1v) is 9.34. The molecule has 5 heteroatoms. The molecule has 2 aromatic carbocycles. The lowest BCUT2D eigenvalue weighted by atomic mass is 9.86. The van der Waals surface area contributed by atoms with Gasteiger partial charge in [0.25, 0.3) is 0 Å². The molecule has 4 rings (SSSR count). The van der Waals surface area contributed by atoms with Gasteiger partial charge in [-0.2, -0.15) is 5.26 Å². The molecule has 0 saturated heterocycles. The lowest BCUT2D eigenvalue weighted by molar-refractivity contribution is 0.600. The van der Waals surface area contributed by atoms with E-state index >= 15 is 0 Å². The van der Waals surface area contributed by atoms with Gasteiger partial charge < -0.3 is 11.1 Å². The average Bonchev–Trinajstić information content (AvgIpc) is 2.75. The van der Waals surface area contributed by atoms with E-state index in [0.29, 0.717) is 22.5 Å². The van der Waals surface area contributed by atoms with E-state index in [1.54, 1.807) is 12.4 Å². The number of nitrogen functional groups attached to an aromatic ring is 1. The van der Waals surface area contributed by atoms with Crippen LogP contribution in [0.25, 0.3) is 0 Å². The van der Waals surface area contributed by atoms with Crippen molar-refractivity contribution in [3.8, 4) is 6.07 Å². The number of hydrogen-bond donors (Lipinski definition) is 3. The van der Waals surface area contributed by atoms with E-state index in [9.17, 15) is 0 Å². The van der Waals surface area contributed by atoms with Crippen molar-refractivity contribution in [2.24, 2.45) is 0 Å². The van der Waals surface area contributed by atoms with E-state index < -0.39 is 0 Å². The number of aryl methyl sites for hydroxylation is 1. The SMILES string of the molecule is N#Cc1ccc2c(c1)CCCC2Nc1ccc(N)c(C(=N)c2ccncc2)c1. The monoisotopic (exact) mass is 367 g/mol. The number of hydrogen-bond acceptors (Lipinski definition) is 5. The molecule has 5 nitrogen and oxygen atoms in total. The van der Waals surface area contributed by atoms with Gasteiger partial charge in [-0.1, -0.05) is 6.07 Å². The number of nitrogens with two attached hydrogens (primary N) is 1. The summed E-state index contributed by atoms with van der Waals surface area (Å²) in [5, 5.41) is 21.3. The maximum Gasteiger partial charge on any atom is 0.0991 e. The largest absolute Gasteiger partial charge is 0.398 e. The highest BCUT2D eigenvalue weighted by Crippen LogP contribution is 2.34. The van der Waals surface area contributed by atoms with Crippen LogP contribution in [0.4, 0.5) is 11.4 Å². The normalized spacial score (nSPS) is 15.3. The molecule has 0 spiro atoms. The smallest absolute Gasteiger partial charge is 0.0991 e. The number of nitrogens with one attached hydrogen (secondary N) is 2. The number of nitrogens with zero attached hydrogens (tertiary/aromatic N) is 2. The predicted octanol–water partition coefficient (Wildman–Crippen LogP) is 4.44. The Morgan fingerprint density at radius 2 is 1.96 bits per heavy atom. The molecule has 3 aromatic rings.